The molecule has 0 unspecified atom stereocenters. The summed E-state index contributed by atoms with van der Waals surface area (Å²) in [6.07, 6.45) is 4.55. The van der Waals surface area contributed by atoms with Crippen LogP contribution in [0.1, 0.15) is 42.3 Å². The Morgan fingerprint density at radius 3 is 2.83 bits per heavy atom. The Kier molecular flexibility index (Phi) is 4.36. The summed E-state index contributed by atoms with van der Waals surface area (Å²) in [5.41, 5.74) is 0.599. The van der Waals surface area contributed by atoms with Crippen molar-refractivity contribution < 1.29 is 9.32 Å². The average molecular weight is 251 g/mol. The van der Waals surface area contributed by atoms with Gasteiger partial charge in [0.05, 0.1) is 6.20 Å². The molecule has 1 aliphatic rings. The highest BCUT2D eigenvalue weighted by Gasteiger charge is 2.27. The third-order valence-electron chi connectivity index (χ3n) is 3.46. The Hall–Kier alpha value is -1.36. The first kappa shape index (κ1) is 13.1. The summed E-state index contributed by atoms with van der Waals surface area (Å²) in [5.74, 6) is 0.664. The predicted octanol–water partition coefficient (Wildman–Crippen LogP) is 1.59. The number of hydrogen-bond donors (Lipinski definition) is 1. The normalized spacial score (nSPS) is 16.8. The van der Waals surface area contributed by atoms with Crippen LogP contribution >= 0.6 is 0 Å². The molecule has 1 N–H and O–H groups in total. The van der Waals surface area contributed by atoms with E-state index in [-0.39, 0.29) is 5.91 Å². The van der Waals surface area contributed by atoms with Crippen LogP contribution in [0.5, 0.6) is 0 Å². The number of nitrogens with zero attached hydrogens (tertiary/aromatic N) is 2. The van der Waals surface area contributed by atoms with E-state index in [1.165, 1.54) is 6.20 Å². The van der Waals surface area contributed by atoms with E-state index < -0.39 is 0 Å². The van der Waals surface area contributed by atoms with Crippen LogP contribution in [-0.4, -0.2) is 41.6 Å². The zero-order valence-corrected chi connectivity index (χ0v) is 11.1. The van der Waals surface area contributed by atoms with Crippen LogP contribution in [-0.2, 0) is 0 Å². The van der Waals surface area contributed by atoms with Gasteiger partial charge in [-0.25, -0.2) is 0 Å². The first-order valence-electron chi connectivity index (χ1n) is 6.67. The van der Waals surface area contributed by atoms with Gasteiger partial charge in [-0.05, 0) is 39.3 Å². The zero-order chi connectivity index (χ0) is 13.0. The lowest BCUT2D eigenvalue weighted by molar-refractivity contribution is 0.0641. The van der Waals surface area contributed by atoms with Gasteiger partial charge in [0.25, 0.3) is 5.91 Å². The van der Waals surface area contributed by atoms with Crippen molar-refractivity contribution in [2.75, 3.05) is 19.6 Å². The molecule has 1 fully saturated rings. The molecule has 0 spiro atoms. The minimum Gasteiger partial charge on any atom is -0.361 e. The maximum atomic E-state index is 12.5. The lowest BCUT2D eigenvalue weighted by atomic mass is 10.0. The standard InChI is InChI=1S/C13H21N3O2/c1-3-8-16(11-4-6-14-7-5-11)13(17)12-9-15-18-10(12)2/h9,11,14H,3-8H2,1-2H3. The van der Waals surface area contributed by atoms with Gasteiger partial charge in [-0.15, -0.1) is 0 Å². The van der Waals surface area contributed by atoms with Gasteiger partial charge in [0.15, 0.2) is 0 Å². The highest BCUT2D eigenvalue weighted by molar-refractivity contribution is 5.95. The van der Waals surface area contributed by atoms with Gasteiger partial charge in [0.2, 0.25) is 0 Å². The number of carbonyl (C=O) groups is 1. The minimum absolute atomic E-state index is 0.0579. The molecule has 0 aliphatic carbocycles. The van der Waals surface area contributed by atoms with E-state index in [0.29, 0.717) is 17.4 Å². The van der Waals surface area contributed by atoms with Crippen molar-refractivity contribution in [2.45, 2.75) is 39.2 Å². The fraction of sp³-hybridized carbons (Fsp3) is 0.692. The molecule has 1 amide bonds. The number of rotatable bonds is 4. The molecule has 2 heterocycles. The first-order chi connectivity index (χ1) is 8.74. The molecule has 0 saturated carbocycles. The van der Waals surface area contributed by atoms with Crippen molar-refractivity contribution in [3.63, 3.8) is 0 Å². The van der Waals surface area contributed by atoms with E-state index in [1.807, 2.05) is 4.90 Å². The summed E-state index contributed by atoms with van der Waals surface area (Å²) < 4.78 is 4.99. The van der Waals surface area contributed by atoms with Gasteiger partial charge in [0, 0.05) is 12.6 Å². The van der Waals surface area contributed by atoms with Crippen LogP contribution in [0.2, 0.25) is 0 Å². The van der Waals surface area contributed by atoms with Gasteiger partial charge < -0.3 is 14.7 Å². The van der Waals surface area contributed by atoms with Crippen molar-refractivity contribution in [3.8, 4) is 0 Å². The van der Waals surface area contributed by atoms with Crippen LogP contribution in [0.3, 0.4) is 0 Å². The lowest BCUT2D eigenvalue weighted by Gasteiger charge is -2.34. The number of amides is 1. The van der Waals surface area contributed by atoms with Crippen LogP contribution in [0.4, 0.5) is 0 Å². The number of aryl methyl sites for hydroxylation is 1. The van der Waals surface area contributed by atoms with Gasteiger partial charge in [0.1, 0.15) is 11.3 Å². The highest BCUT2D eigenvalue weighted by atomic mass is 16.5. The van der Waals surface area contributed by atoms with Crippen LogP contribution in [0.25, 0.3) is 0 Å². The summed E-state index contributed by atoms with van der Waals surface area (Å²) in [7, 11) is 0. The van der Waals surface area contributed by atoms with Crippen LogP contribution in [0.15, 0.2) is 10.7 Å². The van der Waals surface area contributed by atoms with E-state index in [9.17, 15) is 4.79 Å². The molecule has 100 valence electrons. The molecule has 2 rings (SSSR count). The number of carbonyl (C=O) groups excluding carboxylic acids is 1. The van der Waals surface area contributed by atoms with Crippen molar-refractivity contribution in [3.05, 3.63) is 17.5 Å². The minimum atomic E-state index is 0.0579. The molecule has 1 aliphatic heterocycles. The summed E-state index contributed by atoms with van der Waals surface area (Å²) in [4.78, 5) is 14.5. The molecular weight excluding hydrogens is 230 g/mol. The Morgan fingerprint density at radius 2 is 2.28 bits per heavy atom. The van der Waals surface area contributed by atoms with Crippen LogP contribution < -0.4 is 5.32 Å². The first-order valence-corrected chi connectivity index (χ1v) is 6.67. The zero-order valence-electron chi connectivity index (χ0n) is 11.1. The molecule has 0 atom stereocenters. The molecule has 0 aromatic carbocycles. The molecular formula is C13H21N3O2. The fourth-order valence-electron chi connectivity index (χ4n) is 2.47. The lowest BCUT2D eigenvalue weighted by Crippen LogP contribution is -2.46. The molecule has 0 radical (unpaired) electrons. The van der Waals surface area contributed by atoms with E-state index >= 15 is 0 Å². The maximum Gasteiger partial charge on any atom is 0.259 e. The number of piperidine rings is 1. The summed E-state index contributed by atoms with van der Waals surface area (Å²) in [6, 6.07) is 0.341. The molecule has 5 heteroatoms. The highest BCUT2D eigenvalue weighted by Crippen LogP contribution is 2.18. The molecule has 1 aromatic rings. The van der Waals surface area contributed by atoms with Crippen molar-refractivity contribution in [1.29, 1.82) is 0 Å². The van der Waals surface area contributed by atoms with E-state index in [0.717, 1.165) is 38.9 Å². The summed E-state index contributed by atoms with van der Waals surface area (Å²) in [6.45, 7) is 6.66. The van der Waals surface area contributed by atoms with Crippen LogP contribution in [0, 0.1) is 6.92 Å². The Morgan fingerprint density at radius 1 is 1.56 bits per heavy atom. The van der Waals surface area contributed by atoms with Gasteiger partial charge in [-0.1, -0.05) is 12.1 Å². The molecule has 1 aromatic heterocycles. The molecule has 0 bridgehead atoms. The van der Waals surface area contributed by atoms with E-state index in [1.54, 1.807) is 6.92 Å². The second kappa shape index (κ2) is 6.00. The third-order valence-corrected chi connectivity index (χ3v) is 3.46. The average Bonchev–Trinajstić information content (AvgIpc) is 2.82. The number of nitrogens with one attached hydrogen (secondary N) is 1. The van der Waals surface area contributed by atoms with Gasteiger partial charge >= 0.3 is 0 Å². The largest absolute Gasteiger partial charge is 0.361 e. The second-order valence-corrected chi connectivity index (χ2v) is 4.78. The molecule has 5 nitrogen and oxygen atoms in total. The Bertz CT molecular complexity index is 397. The quantitative estimate of drug-likeness (QED) is 0.882. The monoisotopic (exact) mass is 251 g/mol. The molecule has 18 heavy (non-hydrogen) atoms. The topological polar surface area (TPSA) is 58.4 Å². The second-order valence-electron chi connectivity index (χ2n) is 4.78. The fourth-order valence-corrected chi connectivity index (χ4v) is 2.47. The van der Waals surface area contributed by atoms with Crippen molar-refractivity contribution in [1.82, 2.24) is 15.4 Å². The predicted molar refractivity (Wildman–Crippen MR) is 68.5 cm³/mol. The van der Waals surface area contributed by atoms with E-state index in [2.05, 4.69) is 17.4 Å². The van der Waals surface area contributed by atoms with Crippen molar-refractivity contribution in [2.24, 2.45) is 0 Å². The van der Waals surface area contributed by atoms with Gasteiger partial charge in [-0.3, -0.25) is 4.79 Å². The third kappa shape index (κ3) is 2.72. The van der Waals surface area contributed by atoms with E-state index in [4.69, 9.17) is 4.52 Å². The summed E-state index contributed by atoms with van der Waals surface area (Å²) in [5, 5.41) is 7.02. The summed E-state index contributed by atoms with van der Waals surface area (Å²) >= 11 is 0. The number of aromatic nitrogens is 1. The van der Waals surface area contributed by atoms with Crippen molar-refractivity contribution >= 4 is 5.91 Å². The Labute approximate surface area is 108 Å². The van der Waals surface area contributed by atoms with Gasteiger partial charge in [-0.2, -0.15) is 0 Å². The number of hydrogen-bond acceptors (Lipinski definition) is 4. The SMILES string of the molecule is CCCN(C(=O)c1cnoc1C)C1CCNCC1. The molecule has 1 saturated heterocycles. The maximum absolute atomic E-state index is 12.5. The Balaban J connectivity index is 2.13. The smallest absolute Gasteiger partial charge is 0.259 e.